The molecule has 2 heterocycles. The number of carboxylic acid groups (broad SMARTS) is 1. The van der Waals surface area contributed by atoms with Gasteiger partial charge in [-0.3, -0.25) is 4.79 Å². The summed E-state index contributed by atoms with van der Waals surface area (Å²) in [6.45, 7) is 0.0694. The number of nitrogens with zero attached hydrogens (tertiary/aromatic N) is 1. The fourth-order valence-electron chi connectivity index (χ4n) is 2.57. The molecule has 1 aromatic heterocycles. The number of amides is 1. The first-order chi connectivity index (χ1) is 9.58. The zero-order valence-corrected chi connectivity index (χ0v) is 11.3. The van der Waals surface area contributed by atoms with Gasteiger partial charge in [-0.15, -0.1) is 11.3 Å². The standard InChI is InChI=1S/C14H13NO4S/c16-8-5-11(14(18)19)15(6-8)13(17)10-7-20-12-4-2-1-3-9(10)12/h1-4,7-8,11,16H,5-6H2,(H,18,19)/t8-,11+/m1/s1. The number of hydrogen-bond acceptors (Lipinski definition) is 4. The van der Waals surface area contributed by atoms with E-state index < -0.39 is 18.1 Å². The van der Waals surface area contributed by atoms with E-state index in [0.29, 0.717) is 5.56 Å². The Labute approximate surface area is 119 Å². The van der Waals surface area contributed by atoms with E-state index in [1.54, 1.807) is 5.38 Å². The molecule has 1 aromatic carbocycles. The van der Waals surface area contributed by atoms with E-state index >= 15 is 0 Å². The van der Waals surface area contributed by atoms with Crippen LogP contribution in [0.1, 0.15) is 16.8 Å². The summed E-state index contributed by atoms with van der Waals surface area (Å²) in [5.74, 6) is -1.40. The average Bonchev–Trinajstić information content (AvgIpc) is 3.01. The quantitative estimate of drug-likeness (QED) is 0.880. The maximum atomic E-state index is 12.5. The van der Waals surface area contributed by atoms with Gasteiger partial charge in [0, 0.05) is 28.4 Å². The summed E-state index contributed by atoms with van der Waals surface area (Å²) in [6.07, 6.45) is -0.687. The van der Waals surface area contributed by atoms with Crippen LogP contribution < -0.4 is 0 Å². The van der Waals surface area contributed by atoms with Gasteiger partial charge in [-0.1, -0.05) is 18.2 Å². The van der Waals surface area contributed by atoms with Gasteiger partial charge in [0.15, 0.2) is 0 Å². The largest absolute Gasteiger partial charge is 0.480 e. The van der Waals surface area contributed by atoms with E-state index in [4.69, 9.17) is 5.11 Å². The molecule has 0 aliphatic carbocycles. The van der Waals surface area contributed by atoms with Crippen molar-refractivity contribution in [3.63, 3.8) is 0 Å². The molecule has 2 aromatic rings. The van der Waals surface area contributed by atoms with Gasteiger partial charge in [-0.25, -0.2) is 4.79 Å². The second kappa shape index (κ2) is 4.88. The lowest BCUT2D eigenvalue weighted by Crippen LogP contribution is -2.40. The number of rotatable bonds is 2. The van der Waals surface area contributed by atoms with Crippen molar-refractivity contribution >= 4 is 33.3 Å². The van der Waals surface area contributed by atoms with Gasteiger partial charge in [-0.2, -0.15) is 0 Å². The van der Waals surface area contributed by atoms with Crippen molar-refractivity contribution in [2.75, 3.05) is 6.54 Å². The molecule has 2 N–H and O–H groups in total. The molecule has 0 spiro atoms. The number of aliphatic carboxylic acids is 1. The molecule has 0 unspecified atom stereocenters. The lowest BCUT2D eigenvalue weighted by Gasteiger charge is -2.20. The highest BCUT2D eigenvalue weighted by Gasteiger charge is 2.39. The van der Waals surface area contributed by atoms with Crippen molar-refractivity contribution in [3.8, 4) is 0 Å². The Morgan fingerprint density at radius 2 is 2.05 bits per heavy atom. The van der Waals surface area contributed by atoms with Crippen LogP contribution in [0, 0.1) is 0 Å². The molecule has 3 rings (SSSR count). The maximum Gasteiger partial charge on any atom is 0.326 e. The van der Waals surface area contributed by atoms with Crippen LogP contribution in [0.3, 0.4) is 0 Å². The molecule has 0 radical (unpaired) electrons. The van der Waals surface area contributed by atoms with E-state index in [9.17, 15) is 14.7 Å². The number of thiophene rings is 1. The van der Waals surface area contributed by atoms with Gasteiger partial charge >= 0.3 is 5.97 Å². The summed E-state index contributed by atoms with van der Waals surface area (Å²) in [5.41, 5.74) is 0.506. The molecular formula is C14H13NO4S. The van der Waals surface area contributed by atoms with Crippen molar-refractivity contribution in [2.45, 2.75) is 18.6 Å². The zero-order valence-electron chi connectivity index (χ0n) is 10.5. The molecule has 6 heteroatoms. The third-order valence-corrected chi connectivity index (χ3v) is 4.50. The first kappa shape index (κ1) is 13.1. The predicted molar refractivity (Wildman–Crippen MR) is 74.9 cm³/mol. The van der Waals surface area contributed by atoms with Gasteiger partial charge in [0.1, 0.15) is 6.04 Å². The highest BCUT2D eigenvalue weighted by Crippen LogP contribution is 2.29. The van der Waals surface area contributed by atoms with Gasteiger partial charge in [0.2, 0.25) is 0 Å². The van der Waals surface area contributed by atoms with E-state index in [2.05, 4.69) is 0 Å². The molecule has 104 valence electrons. The third-order valence-electron chi connectivity index (χ3n) is 3.54. The fourth-order valence-corrected chi connectivity index (χ4v) is 3.51. The number of carboxylic acids is 1. The average molecular weight is 291 g/mol. The first-order valence-corrected chi connectivity index (χ1v) is 7.14. The van der Waals surface area contributed by atoms with Crippen LogP contribution in [-0.2, 0) is 4.79 Å². The molecule has 1 aliphatic heterocycles. The summed E-state index contributed by atoms with van der Waals surface area (Å²) in [4.78, 5) is 25.0. The number of carbonyl (C=O) groups excluding carboxylic acids is 1. The summed E-state index contributed by atoms with van der Waals surface area (Å²) >= 11 is 1.45. The van der Waals surface area contributed by atoms with Crippen LogP contribution in [0.5, 0.6) is 0 Å². The SMILES string of the molecule is O=C(O)[C@@H]1C[C@@H](O)CN1C(=O)c1csc2ccccc12. The minimum Gasteiger partial charge on any atom is -0.480 e. The van der Waals surface area contributed by atoms with Crippen LogP contribution in [-0.4, -0.2) is 45.7 Å². The van der Waals surface area contributed by atoms with E-state index in [1.807, 2.05) is 24.3 Å². The Hall–Kier alpha value is -1.92. The van der Waals surface area contributed by atoms with Crippen molar-refractivity contribution < 1.29 is 19.8 Å². The molecule has 1 saturated heterocycles. The molecule has 0 bridgehead atoms. The predicted octanol–water partition coefficient (Wildman–Crippen LogP) is 1.56. The van der Waals surface area contributed by atoms with Gasteiger partial charge in [0.25, 0.3) is 5.91 Å². The number of benzene rings is 1. The van der Waals surface area contributed by atoms with Crippen LogP contribution in [0.25, 0.3) is 10.1 Å². The van der Waals surface area contributed by atoms with E-state index in [1.165, 1.54) is 16.2 Å². The van der Waals surface area contributed by atoms with Crippen molar-refractivity contribution in [1.29, 1.82) is 0 Å². The van der Waals surface area contributed by atoms with Crippen LogP contribution in [0.4, 0.5) is 0 Å². The van der Waals surface area contributed by atoms with Crippen molar-refractivity contribution in [3.05, 3.63) is 35.2 Å². The molecule has 2 atom stereocenters. The minimum atomic E-state index is -1.07. The highest BCUT2D eigenvalue weighted by atomic mass is 32.1. The van der Waals surface area contributed by atoms with Crippen molar-refractivity contribution in [1.82, 2.24) is 4.90 Å². The Bertz CT molecular complexity index is 681. The molecule has 20 heavy (non-hydrogen) atoms. The van der Waals surface area contributed by atoms with Crippen LogP contribution in [0.2, 0.25) is 0 Å². The van der Waals surface area contributed by atoms with Crippen LogP contribution in [0.15, 0.2) is 29.6 Å². The summed E-state index contributed by atoms with van der Waals surface area (Å²) < 4.78 is 0.988. The number of hydrogen-bond donors (Lipinski definition) is 2. The Morgan fingerprint density at radius 3 is 2.80 bits per heavy atom. The molecule has 0 saturated carbocycles. The van der Waals surface area contributed by atoms with Gasteiger partial charge in [-0.05, 0) is 6.07 Å². The van der Waals surface area contributed by atoms with E-state index in [-0.39, 0.29) is 18.9 Å². The number of fused-ring (bicyclic) bond motifs is 1. The summed E-state index contributed by atoms with van der Waals surface area (Å²) in [5, 5.41) is 21.4. The normalized spacial score (nSPS) is 22.4. The summed E-state index contributed by atoms with van der Waals surface area (Å²) in [7, 11) is 0. The summed E-state index contributed by atoms with van der Waals surface area (Å²) in [6, 6.07) is 6.56. The van der Waals surface area contributed by atoms with Gasteiger partial charge < -0.3 is 15.1 Å². The first-order valence-electron chi connectivity index (χ1n) is 6.26. The van der Waals surface area contributed by atoms with Crippen LogP contribution >= 0.6 is 11.3 Å². The second-order valence-electron chi connectivity index (χ2n) is 4.85. The van der Waals surface area contributed by atoms with E-state index in [0.717, 1.165) is 10.1 Å². The third kappa shape index (κ3) is 2.07. The minimum absolute atomic E-state index is 0.0694. The number of aliphatic hydroxyl groups is 1. The zero-order chi connectivity index (χ0) is 14.3. The number of β-amino-alcohol motifs (C(OH)–C–C–N with tert-alkyl or cyclic N) is 1. The lowest BCUT2D eigenvalue weighted by atomic mass is 10.1. The second-order valence-corrected chi connectivity index (χ2v) is 5.76. The molecule has 1 amide bonds. The molecule has 1 fully saturated rings. The lowest BCUT2D eigenvalue weighted by molar-refractivity contribution is -0.141. The Morgan fingerprint density at radius 1 is 1.30 bits per heavy atom. The van der Waals surface area contributed by atoms with Crippen molar-refractivity contribution in [2.24, 2.45) is 0 Å². The Kier molecular flexibility index (Phi) is 3.19. The maximum absolute atomic E-state index is 12.5. The fraction of sp³-hybridized carbons (Fsp3) is 0.286. The Balaban J connectivity index is 1.98. The van der Waals surface area contributed by atoms with Gasteiger partial charge in [0.05, 0.1) is 11.7 Å². The molecular weight excluding hydrogens is 278 g/mol. The highest BCUT2D eigenvalue weighted by molar-refractivity contribution is 7.17. The smallest absolute Gasteiger partial charge is 0.326 e. The molecule has 1 aliphatic rings. The monoisotopic (exact) mass is 291 g/mol. The number of aliphatic hydroxyl groups excluding tert-OH is 1. The molecule has 5 nitrogen and oxygen atoms in total. The number of carbonyl (C=O) groups is 2. The topological polar surface area (TPSA) is 77.8 Å². The number of likely N-dealkylation sites (tertiary alicyclic amines) is 1.